The van der Waals surface area contributed by atoms with Gasteiger partial charge < -0.3 is 28.0 Å². The minimum absolute atomic E-state index is 0.0695. The van der Waals surface area contributed by atoms with Crippen LogP contribution >= 0.6 is 0 Å². The van der Waals surface area contributed by atoms with Crippen molar-refractivity contribution in [3.05, 3.63) is 60.0 Å². The van der Waals surface area contributed by atoms with Crippen molar-refractivity contribution in [2.24, 2.45) is 0 Å². The molecule has 0 amide bonds. The second-order valence-electron chi connectivity index (χ2n) is 7.49. The Morgan fingerprint density at radius 2 is 1.91 bits per heavy atom. The zero-order chi connectivity index (χ0) is 22.8. The Morgan fingerprint density at radius 1 is 1.06 bits per heavy atom. The van der Waals surface area contributed by atoms with Crippen LogP contribution in [0, 0.1) is 0 Å². The number of aromatic nitrogens is 4. The Balaban J connectivity index is 1.38. The van der Waals surface area contributed by atoms with Crippen LogP contribution in [-0.2, 0) is 17.9 Å². The van der Waals surface area contributed by atoms with Crippen molar-refractivity contribution in [1.82, 2.24) is 19.7 Å². The zero-order valence-electron chi connectivity index (χ0n) is 18.6. The molecular weight excluding hydrogens is 424 g/mol. The molecule has 0 fully saturated rings. The minimum Gasteiger partial charge on any atom is -0.497 e. The van der Waals surface area contributed by atoms with E-state index in [4.69, 9.17) is 23.5 Å². The number of hydrogen-bond donors (Lipinski definition) is 0. The predicted octanol–water partition coefficient (Wildman–Crippen LogP) is 4.29. The number of imidazole rings is 1. The molecule has 33 heavy (non-hydrogen) atoms. The second-order valence-corrected chi connectivity index (χ2v) is 7.49. The van der Waals surface area contributed by atoms with Crippen LogP contribution in [0.2, 0.25) is 0 Å². The predicted molar refractivity (Wildman–Crippen MR) is 119 cm³/mol. The van der Waals surface area contributed by atoms with Gasteiger partial charge in [-0.2, -0.15) is 4.98 Å². The molecule has 1 atom stereocenters. The summed E-state index contributed by atoms with van der Waals surface area (Å²) >= 11 is 0. The normalized spacial score (nSPS) is 15.2. The van der Waals surface area contributed by atoms with Gasteiger partial charge in [0.15, 0.2) is 17.2 Å². The van der Waals surface area contributed by atoms with E-state index in [1.54, 1.807) is 20.5 Å². The smallest absolute Gasteiger partial charge is 0.278 e. The molecule has 9 nitrogen and oxygen atoms in total. The summed E-state index contributed by atoms with van der Waals surface area (Å²) in [6.45, 7) is 3.48. The molecule has 1 aliphatic heterocycles. The van der Waals surface area contributed by atoms with E-state index in [1.807, 2.05) is 49.4 Å². The Hall–Kier alpha value is -3.85. The molecule has 9 heteroatoms. The fourth-order valence-corrected chi connectivity index (χ4v) is 3.85. The lowest BCUT2D eigenvalue weighted by Crippen LogP contribution is -2.20. The van der Waals surface area contributed by atoms with Crippen molar-refractivity contribution in [3.63, 3.8) is 0 Å². The van der Waals surface area contributed by atoms with Crippen molar-refractivity contribution in [1.29, 1.82) is 0 Å². The highest BCUT2D eigenvalue weighted by Gasteiger charge is 2.27. The molecule has 170 valence electrons. The van der Waals surface area contributed by atoms with Gasteiger partial charge >= 0.3 is 0 Å². The van der Waals surface area contributed by atoms with E-state index in [0.29, 0.717) is 48.7 Å². The quantitative estimate of drug-likeness (QED) is 0.413. The summed E-state index contributed by atoms with van der Waals surface area (Å²) in [6.07, 6.45) is 1.72. The maximum absolute atomic E-state index is 6.12. The molecule has 0 saturated heterocycles. The average Bonchev–Trinajstić information content (AvgIpc) is 3.51. The first-order valence-corrected chi connectivity index (χ1v) is 10.6. The van der Waals surface area contributed by atoms with E-state index in [1.165, 1.54) is 0 Å². The molecule has 1 aliphatic rings. The molecule has 0 spiro atoms. The number of rotatable bonds is 7. The van der Waals surface area contributed by atoms with Crippen LogP contribution in [-0.4, -0.2) is 40.5 Å². The maximum atomic E-state index is 6.12. The number of methoxy groups -OCH3 is 2. The van der Waals surface area contributed by atoms with E-state index < -0.39 is 0 Å². The van der Waals surface area contributed by atoms with Gasteiger partial charge in [0.2, 0.25) is 5.82 Å². The molecule has 4 aromatic rings. The lowest BCUT2D eigenvalue weighted by atomic mass is 10.1. The van der Waals surface area contributed by atoms with Gasteiger partial charge in [-0.05, 0) is 42.8 Å². The van der Waals surface area contributed by atoms with Crippen LogP contribution in [0.1, 0.15) is 24.3 Å². The fourth-order valence-electron chi connectivity index (χ4n) is 3.85. The molecule has 0 N–H and O–H groups in total. The number of fused-ring (bicyclic) bond motifs is 1. The molecule has 0 aliphatic carbocycles. The van der Waals surface area contributed by atoms with E-state index >= 15 is 0 Å². The van der Waals surface area contributed by atoms with Gasteiger partial charge in [-0.15, -0.1) is 0 Å². The highest BCUT2D eigenvalue weighted by molar-refractivity contribution is 5.63. The topological polar surface area (TPSA) is 93.7 Å². The van der Waals surface area contributed by atoms with Gasteiger partial charge in [0.25, 0.3) is 5.89 Å². The maximum Gasteiger partial charge on any atom is 0.278 e. The third-order valence-electron chi connectivity index (χ3n) is 5.57. The van der Waals surface area contributed by atoms with Gasteiger partial charge in [-0.25, -0.2) is 4.98 Å². The van der Waals surface area contributed by atoms with Gasteiger partial charge in [-0.3, -0.25) is 0 Å². The number of benzene rings is 2. The highest BCUT2D eigenvalue weighted by atomic mass is 16.5. The second kappa shape index (κ2) is 8.95. The van der Waals surface area contributed by atoms with Crippen molar-refractivity contribution in [3.8, 4) is 40.2 Å². The first kappa shape index (κ1) is 21.0. The highest BCUT2D eigenvalue weighted by Crippen LogP contribution is 2.34. The standard InChI is InChI=1S/C24H24N4O5/c1-4-31-20-11-16(7-10-19(20)30-3)23-26-24(33-27-23)22-18-13-32-21(12-28(18)14-25-22)15-5-8-17(29-2)9-6-15/h5-11,14,21H,4,12-13H2,1-3H3/t21-/m1/s1. The summed E-state index contributed by atoms with van der Waals surface area (Å²) in [5.74, 6) is 2.89. The van der Waals surface area contributed by atoms with E-state index in [-0.39, 0.29) is 6.10 Å². The van der Waals surface area contributed by atoms with Crippen LogP contribution < -0.4 is 14.2 Å². The van der Waals surface area contributed by atoms with Crippen LogP contribution in [0.15, 0.2) is 53.3 Å². The summed E-state index contributed by atoms with van der Waals surface area (Å²) in [7, 11) is 3.26. The Bertz CT molecular complexity index is 1250. The van der Waals surface area contributed by atoms with Gasteiger partial charge in [0.1, 0.15) is 11.9 Å². The largest absolute Gasteiger partial charge is 0.497 e. The molecule has 0 unspecified atom stereocenters. The molecule has 3 heterocycles. The van der Waals surface area contributed by atoms with Gasteiger partial charge in [0, 0.05) is 5.56 Å². The third kappa shape index (κ3) is 4.03. The Morgan fingerprint density at radius 3 is 2.67 bits per heavy atom. The van der Waals surface area contributed by atoms with Crippen molar-refractivity contribution in [2.45, 2.75) is 26.2 Å². The number of ether oxygens (including phenoxy) is 4. The summed E-state index contributed by atoms with van der Waals surface area (Å²) in [6, 6.07) is 13.4. The molecule has 2 aromatic heterocycles. The number of nitrogens with zero attached hydrogens (tertiary/aromatic N) is 4. The molecule has 0 radical (unpaired) electrons. The van der Waals surface area contributed by atoms with E-state index in [9.17, 15) is 0 Å². The Kier molecular flexibility index (Phi) is 5.70. The molecule has 0 bridgehead atoms. The lowest BCUT2D eigenvalue weighted by Gasteiger charge is -2.25. The fraction of sp³-hybridized carbons (Fsp3) is 0.292. The summed E-state index contributed by atoms with van der Waals surface area (Å²) < 4.78 is 30.0. The van der Waals surface area contributed by atoms with Crippen LogP contribution in [0.25, 0.3) is 23.0 Å². The van der Waals surface area contributed by atoms with Crippen molar-refractivity contribution >= 4 is 0 Å². The zero-order valence-corrected chi connectivity index (χ0v) is 18.6. The van der Waals surface area contributed by atoms with Crippen LogP contribution in [0.5, 0.6) is 17.2 Å². The average molecular weight is 448 g/mol. The van der Waals surface area contributed by atoms with E-state index in [0.717, 1.165) is 22.6 Å². The van der Waals surface area contributed by atoms with Crippen molar-refractivity contribution < 1.29 is 23.5 Å². The molecule has 2 aromatic carbocycles. The lowest BCUT2D eigenvalue weighted by molar-refractivity contribution is 0.00328. The van der Waals surface area contributed by atoms with Crippen LogP contribution in [0.4, 0.5) is 0 Å². The molecule has 5 rings (SSSR count). The van der Waals surface area contributed by atoms with Crippen molar-refractivity contribution in [2.75, 3.05) is 20.8 Å². The summed E-state index contributed by atoms with van der Waals surface area (Å²) in [5, 5.41) is 4.14. The molecule has 0 saturated carbocycles. The summed E-state index contributed by atoms with van der Waals surface area (Å²) in [4.78, 5) is 9.09. The third-order valence-corrected chi connectivity index (χ3v) is 5.57. The van der Waals surface area contributed by atoms with Gasteiger partial charge in [0.05, 0.1) is 46.0 Å². The van der Waals surface area contributed by atoms with E-state index in [2.05, 4.69) is 19.7 Å². The Labute approximate surface area is 190 Å². The van der Waals surface area contributed by atoms with Gasteiger partial charge in [-0.1, -0.05) is 17.3 Å². The monoisotopic (exact) mass is 448 g/mol. The minimum atomic E-state index is -0.0695. The SMILES string of the molecule is CCOc1cc(-c2noc(-c3ncn4c3CO[C@@H](c3ccc(OC)cc3)C4)n2)ccc1OC. The summed E-state index contributed by atoms with van der Waals surface area (Å²) in [5.41, 5.74) is 3.37. The first-order chi connectivity index (χ1) is 16.2. The van der Waals surface area contributed by atoms with Crippen LogP contribution in [0.3, 0.4) is 0 Å². The first-order valence-electron chi connectivity index (χ1n) is 10.6. The number of hydrogen-bond acceptors (Lipinski definition) is 8. The molecular formula is C24H24N4O5.